The average Bonchev–Trinajstić information content (AvgIpc) is 3.34. The first-order valence-electron chi connectivity index (χ1n) is 10.7. The highest BCUT2D eigenvalue weighted by atomic mass is 35.5. The van der Waals surface area contributed by atoms with Gasteiger partial charge >= 0.3 is 0 Å². The van der Waals surface area contributed by atoms with E-state index in [1.165, 1.54) is 4.90 Å². The van der Waals surface area contributed by atoms with E-state index in [4.69, 9.17) is 20.9 Å². The smallest absolute Gasteiger partial charge is 0.254 e. The summed E-state index contributed by atoms with van der Waals surface area (Å²) in [5.74, 6) is 1.09. The van der Waals surface area contributed by atoms with E-state index in [9.17, 15) is 9.59 Å². The van der Waals surface area contributed by atoms with Crippen LogP contribution in [0.25, 0.3) is 11.4 Å². The summed E-state index contributed by atoms with van der Waals surface area (Å²) in [5.41, 5.74) is 1.24. The number of ether oxygens (including phenoxy) is 1. The highest BCUT2D eigenvalue weighted by molar-refractivity contribution is 6.30. The second kappa shape index (κ2) is 10.0. The minimum atomic E-state index is -0.323. The van der Waals surface area contributed by atoms with Gasteiger partial charge in [-0.25, -0.2) is 0 Å². The highest BCUT2D eigenvalue weighted by Gasteiger charge is 2.33. The summed E-state index contributed by atoms with van der Waals surface area (Å²) in [5, 5.41) is 4.66. The summed E-state index contributed by atoms with van der Waals surface area (Å²) in [6.07, 6.45) is 2.55. The molecule has 3 aromatic rings. The predicted octanol–water partition coefficient (Wildman–Crippen LogP) is 4.22. The van der Waals surface area contributed by atoms with Crippen molar-refractivity contribution in [1.82, 2.24) is 19.9 Å². The summed E-state index contributed by atoms with van der Waals surface area (Å²) >= 11 is 6.07. The van der Waals surface area contributed by atoms with E-state index in [0.29, 0.717) is 34.6 Å². The second-order valence-corrected chi connectivity index (χ2v) is 8.39. The van der Waals surface area contributed by atoms with Gasteiger partial charge in [-0.15, -0.1) is 0 Å². The first kappa shape index (κ1) is 22.8. The van der Waals surface area contributed by atoms with Crippen molar-refractivity contribution in [2.24, 2.45) is 0 Å². The average molecular weight is 469 g/mol. The number of halogens is 1. The summed E-state index contributed by atoms with van der Waals surface area (Å²) in [6, 6.07) is 13.7. The second-order valence-electron chi connectivity index (χ2n) is 7.95. The number of hydrogen-bond acceptors (Lipinski definition) is 6. The van der Waals surface area contributed by atoms with Crippen LogP contribution in [0, 0.1) is 0 Å². The molecule has 1 saturated heterocycles. The van der Waals surface area contributed by atoms with E-state index in [1.54, 1.807) is 55.5 Å². The van der Waals surface area contributed by atoms with Crippen LogP contribution in [-0.2, 0) is 4.79 Å². The van der Waals surface area contributed by atoms with Gasteiger partial charge in [-0.2, -0.15) is 4.98 Å². The molecule has 1 aliphatic heterocycles. The van der Waals surface area contributed by atoms with Crippen LogP contribution >= 0.6 is 11.6 Å². The number of carbonyl (C=O) groups excluding carboxylic acids is 2. The normalized spacial score (nSPS) is 15.8. The fourth-order valence-corrected chi connectivity index (χ4v) is 4.11. The summed E-state index contributed by atoms with van der Waals surface area (Å²) < 4.78 is 10.7. The summed E-state index contributed by atoms with van der Waals surface area (Å²) in [4.78, 5) is 33.6. The van der Waals surface area contributed by atoms with Crippen LogP contribution in [0.15, 0.2) is 53.1 Å². The van der Waals surface area contributed by atoms with Crippen molar-refractivity contribution in [3.63, 3.8) is 0 Å². The molecule has 2 heterocycles. The molecule has 0 bridgehead atoms. The number of carbonyl (C=O) groups is 2. The van der Waals surface area contributed by atoms with Crippen molar-refractivity contribution in [1.29, 1.82) is 0 Å². The van der Waals surface area contributed by atoms with Gasteiger partial charge in [0.1, 0.15) is 11.8 Å². The van der Waals surface area contributed by atoms with E-state index < -0.39 is 0 Å². The van der Waals surface area contributed by atoms with Crippen molar-refractivity contribution in [3.05, 3.63) is 65.0 Å². The Balaban J connectivity index is 1.46. The minimum absolute atomic E-state index is 0.0450. The minimum Gasteiger partial charge on any atom is -0.497 e. The van der Waals surface area contributed by atoms with E-state index in [0.717, 1.165) is 24.8 Å². The molecule has 172 valence electrons. The van der Waals surface area contributed by atoms with Gasteiger partial charge in [-0.05, 0) is 55.7 Å². The molecule has 0 spiro atoms. The molecule has 8 nitrogen and oxygen atoms in total. The Hall–Kier alpha value is -3.39. The third kappa shape index (κ3) is 5.17. The Morgan fingerprint density at radius 3 is 2.73 bits per heavy atom. The van der Waals surface area contributed by atoms with Gasteiger partial charge in [0.25, 0.3) is 5.91 Å². The lowest BCUT2D eigenvalue weighted by atomic mass is 10.0. The number of nitrogens with zero attached hydrogens (tertiary/aromatic N) is 4. The maximum Gasteiger partial charge on any atom is 0.254 e. The van der Waals surface area contributed by atoms with Crippen molar-refractivity contribution < 1.29 is 18.8 Å². The molecular formula is C24H25ClN4O4. The van der Waals surface area contributed by atoms with Gasteiger partial charge < -0.3 is 19.1 Å². The number of benzene rings is 2. The zero-order valence-electron chi connectivity index (χ0n) is 18.5. The lowest BCUT2D eigenvalue weighted by molar-refractivity contribution is -0.136. The third-order valence-corrected chi connectivity index (χ3v) is 5.92. The van der Waals surface area contributed by atoms with E-state index in [2.05, 4.69) is 10.1 Å². The maximum atomic E-state index is 13.2. The molecule has 0 N–H and O–H groups in total. The number of likely N-dealkylation sites (tertiary alicyclic amines) is 1. The Morgan fingerprint density at radius 2 is 2.00 bits per heavy atom. The standard InChI is InChI=1S/C24H25ClN4O4/c1-28(24(31)16-9-11-19(32-2)12-10-16)15-21(30)29-13-4-3-8-20(29)23-26-22(27-33-23)17-6-5-7-18(25)14-17/h5-7,9-12,14,20H,3-4,8,13,15H2,1-2H3. The monoisotopic (exact) mass is 468 g/mol. The lowest BCUT2D eigenvalue weighted by Crippen LogP contribution is -2.44. The number of methoxy groups -OCH3 is 1. The van der Waals surface area contributed by atoms with E-state index >= 15 is 0 Å². The fraction of sp³-hybridized carbons (Fsp3) is 0.333. The zero-order valence-corrected chi connectivity index (χ0v) is 19.3. The van der Waals surface area contributed by atoms with Crippen LogP contribution in [0.2, 0.25) is 5.02 Å². The molecule has 1 aliphatic rings. The van der Waals surface area contributed by atoms with Gasteiger partial charge in [0.15, 0.2) is 0 Å². The van der Waals surface area contributed by atoms with Gasteiger partial charge in [0.2, 0.25) is 17.6 Å². The molecular weight excluding hydrogens is 444 g/mol. The van der Waals surface area contributed by atoms with Crippen molar-refractivity contribution in [3.8, 4) is 17.1 Å². The molecule has 2 aromatic carbocycles. The van der Waals surface area contributed by atoms with Gasteiger partial charge in [-0.3, -0.25) is 9.59 Å². The van der Waals surface area contributed by atoms with Crippen LogP contribution < -0.4 is 4.74 Å². The lowest BCUT2D eigenvalue weighted by Gasteiger charge is -2.34. The summed E-state index contributed by atoms with van der Waals surface area (Å²) in [7, 11) is 3.19. The number of aromatic nitrogens is 2. The number of rotatable bonds is 6. The third-order valence-electron chi connectivity index (χ3n) is 5.69. The molecule has 1 unspecified atom stereocenters. The highest BCUT2D eigenvalue weighted by Crippen LogP contribution is 2.31. The van der Waals surface area contributed by atoms with Gasteiger partial charge in [-0.1, -0.05) is 28.9 Å². The van der Waals surface area contributed by atoms with Crippen molar-refractivity contribution in [2.45, 2.75) is 25.3 Å². The molecule has 1 atom stereocenters. The van der Waals surface area contributed by atoms with Crippen LogP contribution in [0.3, 0.4) is 0 Å². The van der Waals surface area contributed by atoms with E-state index in [-0.39, 0.29) is 24.4 Å². The quantitative estimate of drug-likeness (QED) is 0.538. The molecule has 33 heavy (non-hydrogen) atoms. The number of likely N-dealkylation sites (N-methyl/N-ethyl adjacent to an activating group) is 1. The first-order chi connectivity index (χ1) is 16.0. The first-order valence-corrected chi connectivity index (χ1v) is 11.1. The molecule has 1 fully saturated rings. The number of amides is 2. The zero-order chi connectivity index (χ0) is 23.4. The molecule has 4 rings (SSSR count). The van der Waals surface area contributed by atoms with Gasteiger partial charge in [0, 0.05) is 29.7 Å². The molecule has 0 saturated carbocycles. The predicted molar refractivity (Wildman–Crippen MR) is 123 cm³/mol. The van der Waals surface area contributed by atoms with Gasteiger partial charge in [0.05, 0.1) is 13.7 Å². The largest absolute Gasteiger partial charge is 0.497 e. The molecule has 2 amide bonds. The Morgan fingerprint density at radius 1 is 1.21 bits per heavy atom. The summed E-state index contributed by atoms with van der Waals surface area (Å²) in [6.45, 7) is 0.527. The van der Waals surface area contributed by atoms with Crippen LogP contribution in [0.1, 0.15) is 41.6 Å². The van der Waals surface area contributed by atoms with Crippen LogP contribution in [0.4, 0.5) is 0 Å². The Kier molecular flexibility index (Phi) is 6.93. The van der Waals surface area contributed by atoms with Crippen molar-refractivity contribution >= 4 is 23.4 Å². The number of hydrogen-bond donors (Lipinski definition) is 0. The van der Waals surface area contributed by atoms with Crippen LogP contribution in [0.5, 0.6) is 5.75 Å². The molecule has 1 aromatic heterocycles. The molecule has 9 heteroatoms. The maximum absolute atomic E-state index is 13.2. The number of piperidine rings is 1. The SMILES string of the molecule is COc1ccc(C(=O)N(C)CC(=O)N2CCCCC2c2nc(-c3cccc(Cl)c3)no2)cc1. The van der Waals surface area contributed by atoms with E-state index in [1.807, 2.05) is 12.1 Å². The molecule has 0 aliphatic carbocycles. The molecule has 0 radical (unpaired) electrons. The fourth-order valence-electron chi connectivity index (χ4n) is 3.92. The van der Waals surface area contributed by atoms with Crippen molar-refractivity contribution in [2.75, 3.05) is 27.2 Å². The topological polar surface area (TPSA) is 88.8 Å². The Bertz CT molecular complexity index is 1130. The van der Waals surface area contributed by atoms with Crippen LogP contribution in [-0.4, -0.2) is 59.0 Å². The Labute approximate surface area is 197 Å².